The summed E-state index contributed by atoms with van der Waals surface area (Å²) < 4.78 is 0. The van der Waals surface area contributed by atoms with Crippen molar-refractivity contribution in [2.24, 2.45) is 0 Å². The molecule has 2 heteroatoms. The van der Waals surface area contributed by atoms with E-state index in [0.29, 0.717) is 5.75 Å². The summed E-state index contributed by atoms with van der Waals surface area (Å²) in [6.07, 6.45) is 5.27. The van der Waals surface area contributed by atoms with Gasteiger partial charge in [0.15, 0.2) is 5.12 Å². The fourth-order valence-electron chi connectivity index (χ4n) is 0.963. The zero-order valence-corrected chi connectivity index (χ0v) is 9.23. The Labute approximate surface area is 94.3 Å². The van der Waals surface area contributed by atoms with E-state index < -0.39 is 0 Å². The van der Waals surface area contributed by atoms with Crippen LogP contribution in [0.5, 0.6) is 0 Å². The van der Waals surface area contributed by atoms with Crippen molar-refractivity contribution in [3.63, 3.8) is 0 Å². The van der Waals surface area contributed by atoms with Crippen molar-refractivity contribution in [3.8, 4) is 24.2 Å². The number of terminal acetylenes is 1. The molecule has 0 aliphatic carbocycles. The van der Waals surface area contributed by atoms with Gasteiger partial charge in [-0.15, -0.1) is 6.42 Å². The van der Waals surface area contributed by atoms with Gasteiger partial charge < -0.3 is 0 Å². The van der Waals surface area contributed by atoms with Gasteiger partial charge in [-0.3, -0.25) is 4.79 Å². The highest BCUT2D eigenvalue weighted by atomic mass is 32.2. The van der Waals surface area contributed by atoms with Crippen molar-refractivity contribution in [1.29, 1.82) is 0 Å². The number of thioether (sulfide) groups is 1. The highest BCUT2D eigenvalue weighted by molar-refractivity contribution is 8.13. The van der Waals surface area contributed by atoms with Gasteiger partial charge in [-0.1, -0.05) is 35.6 Å². The van der Waals surface area contributed by atoms with E-state index >= 15 is 0 Å². The van der Waals surface area contributed by atoms with E-state index in [-0.39, 0.29) is 5.12 Å². The molecular formula is C13H10OS. The van der Waals surface area contributed by atoms with Gasteiger partial charge in [0.2, 0.25) is 0 Å². The molecule has 0 amide bonds. The van der Waals surface area contributed by atoms with Crippen LogP contribution in [0.4, 0.5) is 0 Å². The third kappa shape index (κ3) is 4.40. The second-order valence-electron chi connectivity index (χ2n) is 2.81. The lowest BCUT2D eigenvalue weighted by atomic mass is 10.1. The molecule has 0 aromatic heterocycles. The molecule has 0 atom stereocenters. The Morgan fingerprint density at radius 1 is 1.47 bits per heavy atom. The Morgan fingerprint density at radius 3 is 2.87 bits per heavy atom. The van der Waals surface area contributed by atoms with Crippen LogP contribution in [0.1, 0.15) is 18.1 Å². The third-order valence-electron chi connectivity index (χ3n) is 1.61. The van der Waals surface area contributed by atoms with Gasteiger partial charge in [-0.25, -0.2) is 0 Å². The Hall–Kier alpha value is -1.64. The van der Waals surface area contributed by atoms with E-state index in [9.17, 15) is 4.79 Å². The smallest absolute Gasteiger partial charge is 0.186 e. The van der Waals surface area contributed by atoms with Crippen LogP contribution < -0.4 is 0 Å². The Morgan fingerprint density at radius 2 is 2.20 bits per heavy atom. The second-order valence-corrected chi connectivity index (χ2v) is 3.96. The molecule has 15 heavy (non-hydrogen) atoms. The minimum absolute atomic E-state index is 0.0849. The maximum absolute atomic E-state index is 10.6. The predicted octanol–water partition coefficient (Wildman–Crippen LogP) is 2.30. The van der Waals surface area contributed by atoms with Gasteiger partial charge in [0.25, 0.3) is 0 Å². The average Bonchev–Trinajstić information content (AvgIpc) is 2.24. The molecule has 0 bridgehead atoms. The topological polar surface area (TPSA) is 17.1 Å². The first-order chi connectivity index (χ1) is 7.22. The summed E-state index contributed by atoms with van der Waals surface area (Å²) in [5, 5.41) is 0.0849. The van der Waals surface area contributed by atoms with Crippen LogP contribution >= 0.6 is 11.8 Å². The molecule has 0 heterocycles. The lowest BCUT2D eigenvalue weighted by molar-refractivity contribution is -0.109. The minimum atomic E-state index is 0.0849. The van der Waals surface area contributed by atoms with Gasteiger partial charge in [-0.2, -0.15) is 0 Å². The minimum Gasteiger partial charge on any atom is -0.288 e. The standard InChI is InChI=1S/C13H10OS/c1-3-12-6-4-7-13(10-12)8-5-9-15-11(2)14/h1,4,6-7,10H,9H2,2H3. The molecule has 1 nitrogen and oxygen atoms in total. The third-order valence-corrected chi connectivity index (χ3v) is 2.30. The number of carbonyl (C=O) groups is 1. The summed E-state index contributed by atoms with van der Waals surface area (Å²) in [6, 6.07) is 7.48. The van der Waals surface area contributed by atoms with E-state index in [1.807, 2.05) is 24.3 Å². The molecule has 0 N–H and O–H groups in total. The van der Waals surface area contributed by atoms with E-state index in [1.54, 1.807) is 0 Å². The van der Waals surface area contributed by atoms with Crippen molar-refractivity contribution in [3.05, 3.63) is 35.4 Å². The van der Waals surface area contributed by atoms with Crippen LogP contribution in [0.25, 0.3) is 0 Å². The first-order valence-corrected chi connectivity index (χ1v) is 5.40. The predicted molar refractivity (Wildman–Crippen MR) is 64.4 cm³/mol. The fourth-order valence-corrected chi connectivity index (χ4v) is 1.31. The summed E-state index contributed by atoms with van der Waals surface area (Å²) in [4.78, 5) is 10.6. The molecule has 0 aliphatic rings. The van der Waals surface area contributed by atoms with Crippen LogP contribution in [-0.4, -0.2) is 10.9 Å². The van der Waals surface area contributed by atoms with Crippen LogP contribution in [0, 0.1) is 24.2 Å². The zero-order valence-electron chi connectivity index (χ0n) is 8.41. The molecule has 1 rings (SSSR count). The summed E-state index contributed by atoms with van der Waals surface area (Å²) in [7, 11) is 0. The second kappa shape index (κ2) is 5.96. The van der Waals surface area contributed by atoms with Gasteiger partial charge >= 0.3 is 0 Å². The summed E-state index contributed by atoms with van der Waals surface area (Å²) in [5.74, 6) is 8.94. The fraction of sp³-hybridized carbons (Fsp3) is 0.154. The van der Waals surface area contributed by atoms with Crippen molar-refractivity contribution < 1.29 is 4.79 Å². The van der Waals surface area contributed by atoms with Gasteiger partial charge in [-0.05, 0) is 18.2 Å². The zero-order chi connectivity index (χ0) is 11.1. The molecule has 0 fully saturated rings. The van der Waals surface area contributed by atoms with Gasteiger partial charge in [0.05, 0.1) is 5.75 Å². The highest BCUT2D eigenvalue weighted by Gasteiger charge is 1.90. The van der Waals surface area contributed by atoms with E-state index in [1.165, 1.54) is 18.7 Å². The molecule has 0 saturated carbocycles. The molecule has 0 unspecified atom stereocenters. The van der Waals surface area contributed by atoms with Gasteiger partial charge in [0.1, 0.15) is 0 Å². The Bertz CT molecular complexity index is 457. The molecule has 0 aliphatic heterocycles. The quantitative estimate of drug-likeness (QED) is 0.667. The first kappa shape index (κ1) is 11.4. The molecule has 74 valence electrons. The van der Waals surface area contributed by atoms with Crippen molar-refractivity contribution >= 4 is 16.9 Å². The average molecular weight is 214 g/mol. The molecule has 0 saturated heterocycles. The van der Waals surface area contributed by atoms with Crippen LogP contribution in [0.15, 0.2) is 24.3 Å². The maximum atomic E-state index is 10.6. The SMILES string of the molecule is C#Cc1cccc(C#CCSC(C)=O)c1. The molecule has 0 spiro atoms. The van der Waals surface area contributed by atoms with Crippen LogP contribution in [-0.2, 0) is 4.79 Å². The lowest BCUT2D eigenvalue weighted by Gasteiger charge is -1.91. The molecule has 1 aromatic carbocycles. The summed E-state index contributed by atoms with van der Waals surface area (Å²) >= 11 is 1.21. The number of hydrogen-bond donors (Lipinski definition) is 0. The van der Waals surface area contributed by atoms with Crippen molar-refractivity contribution in [2.45, 2.75) is 6.92 Å². The van der Waals surface area contributed by atoms with Crippen molar-refractivity contribution in [2.75, 3.05) is 5.75 Å². The first-order valence-electron chi connectivity index (χ1n) is 4.41. The van der Waals surface area contributed by atoms with Gasteiger partial charge in [0, 0.05) is 18.1 Å². The largest absolute Gasteiger partial charge is 0.288 e. The van der Waals surface area contributed by atoms with E-state index in [4.69, 9.17) is 6.42 Å². The van der Waals surface area contributed by atoms with Crippen LogP contribution in [0.2, 0.25) is 0 Å². The molecule has 1 aromatic rings. The number of hydrogen-bond acceptors (Lipinski definition) is 2. The summed E-state index contributed by atoms with van der Waals surface area (Å²) in [6.45, 7) is 1.53. The molecular weight excluding hydrogens is 204 g/mol. The maximum Gasteiger partial charge on any atom is 0.186 e. The Balaban J connectivity index is 2.64. The van der Waals surface area contributed by atoms with Crippen molar-refractivity contribution in [1.82, 2.24) is 0 Å². The number of carbonyl (C=O) groups excluding carboxylic acids is 1. The highest BCUT2D eigenvalue weighted by Crippen LogP contribution is 2.03. The van der Waals surface area contributed by atoms with E-state index in [2.05, 4.69) is 17.8 Å². The monoisotopic (exact) mass is 214 g/mol. The van der Waals surface area contributed by atoms with E-state index in [0.717, 1.165) is 11.1 Å². The Kier molecular flexibility index (Phi) is 4.54. The van der Waals surface area contributed by atoms with Crippen LogP contribution in [0.3, 0.4) is 0 Å². The number of rotatable bonds is 1. The number of benzene rings is 1. The molecule has 0 radical (unpaired) electrons. The summed E-state index contributed by atoms with van der Waals surface area (Å²) in [5.41, 5.74) is 1.70. The normalized spacial score (nSPS) is 8.53. The lowest BCUT2D eigenvalue weighted by Crippen LogP contribution is -1.82.